The summed E-state index contributed by atoms with van der Waals surface area (Å²) in [5.41, 5.74) is 0.358. The smallest absolute Gasteiger partial charge is 0.379 e. The fourth-order valence-electron chi connectivity index (χ4n) is 4.38. The maximum Gasteiger partial charge on any atom is 0.379 e. The number of hydrogen-bond acceptors (Lipinski definition) is 6. The number of fused-ring (bicyclic) bond motifs is 5. The predicted molar refractivity (Wildman–Crippen MR) is 102 cm³/mol. The van der Waals surface area contributed by atoms with Crippen molar-refractivity contribution in [1.29, 1.82) is 0 Å². The summed E-state index contributed by atoms with van der Waals surface area (Å²) in [6.07, 6.45) is 7.57. The number of ether oxygens (including phenoxy) is 1. The molecular formula is C21H15ClN2O5. The highest BCUT2D eigenvalue weighted by atomic mass is 35.5. The summed E-state index contributed by atoms with van der Waals surface area (Å²) >= 11 is 6.05. The molecule has 146 valence electrons. The minimum Gasteiger partial charge on any atom is -0.457 e. The zero-order valence-corrected chi connectivity index (χ0v) is 15.8. The Morgan fingerprint density at radius 3 is 2.55 bits per heavy atom. The normalized spacial score (nSPS) is 27.3. The summed E-state index contributed by atoms with van der Waals surface area (Å²) < 4.78 is 10.4. The Balaban J connectivity index is 1.40. The first-order valence-electron chi connectivity index (χ1n) is 9.18. The van der Waals surface area contributed by atoms with E-state index in [0.29, 0.717) is 10.6 Å². The molecule has 1 saturated heterocycles. The van der Waals surface area contributed by atoms with Crippen molar-refractivity contribution >= 4 is 35.6 Å². The van der Waals surface area contributed by atoms with Crippen LogP contribution < -0.4 is 4.74 Å². The van der Waals surface area contributed by atoms with E-state index in [1.165, 1.54) is 30.7 Å². The summed E-state index contributed by atoms with van der Waals surface area (Å²) in [5.74, 6) is -1.47. The molecule has 2 aliphatic carbocycles. The summed E-state index contributed by atoms with van der Waals surface area (Å²) in [6, 6.07) is 7.66. The first-order valence-corrected chi connectivity index (χ1v) is 9.56. The molecule has 2 aromatic rings. The van der Waals surface area contributed by atoms with Crippen molar-refractivity contribution in [2.24, 2.45) is 28.8 Å². The van der Waals surface area contributed by atoms with Crippen LogP contribution in [0.1, 0.15) is 22.5 Å². The average Bonchev–Trinajstić information content (AvgIpc) is 3.48. The number of allylic oxidation sites excluding steroid dienone is 2. The van der Waals surface area contributed by atoms with E-state index in [9.17, 15) is 14.4 Å². The second-order valence-corrected chi connectivity index (χ2v) is 7.72. The molecule has 29 heavy (non-hydrogen) atoms. The third-order valence-electron chi connectivity index (χ3n) is 5.66. The third kappa shape index (κ3) is 2.89. The number of carbonyl (C=O) groups excluding carboxylic acids is 3. The van der Waals surface area contributed by atoms with E-state index in [1.807, 2.05) is 12.2 Å². The summed E-state index contributed by atoms with van der Waals surface area (Å²) in [5, 5.41) is 5.44. The van der Waals surface area contributed by atoms with Crippen LogP contribution in [0.2, 0.25) is 5.02 Å². The van der Waals surface area contributed by atoms with E-state index in [1.54, 1.807) is 12.1 Å². The summed E-state index contributed by atoms with van der Waals surface area (Å²) in [6.45, 7) is 0. The van der Waals surface area contributed by atoms with Gasteiger partial charge in [-0.05, 0) is 48.6 Å². The molecule has 1 saturated carbocycles. The lowest BCUT2D eigenvalue weighted by Crippen LogP contribution is -2.28. The van der Waals surface area contributed by atoms with Gasteiger partial charge in [0, 0.05) is 10.6 Å². The number of halogens is 1. The van der Waals surface area contributed by atoms with E-state index in [-0.39, 0.29) is 47.0 Å². The maximum atomic E-state index is 12.7. The lowest BCUT2D eigenvalue weighted by atomic mass is 9.85. The Bertz CT molecular complexity index is 1040. The Hall–Kier alpha value is -3.19. The van der Waals surface area contributed by atoms with Crippen LogP contribution in [0.3, 0.4) is 0 Å². The number of rotatable bonds is 4. The van der Waals surface area contributed by atoms with Crippen molar-refractivity contribution in [3.63, 3.8) is 0 Å². The number of imide groups is 1. The maximum absolute atomic E-state index is 12.7. The van der Waals surface area contributed by atoms with Gasteiger partial charge in [0.05, 0.1) is 24.3 Å². The molecule has 2 bridgehead atoms. The minimum atomic E-state index is -0.683. The number of benzene rings is 1. The second-order valence-electron chi connectivity index (χ2n) is 7.28. The van der Waals surface area contributed by atoms with Crippen LogP contribution in [-0.4, -0.2) is 29.0 Å². The van der Waals surface area contributed by atoms with Gasteiger partial charge in [0.25, 0.3) is 11.8 Å². The van der Waals surface area contributed by atoms with Gasteiger partial charge in [-0.15, -0.1) is 0 Å². The van der Waals surface area contributed by atoms with Crippen molar-refractivity contribution < 1.29 is 23.5 Å². The van der Waals surface area contributed by atoms with Crippen LogP contribution in [0.15, 0.2) is 58.3 Å². The zero-order chi connectivity index (χ0) is 20.1. The molecule has 2 fully saturated rings. The SMILES string of the molecule is O=C(Oc1ccc(Cl)cc1C=NN1C(=O)[C@@H]2[C@H](C1=O)[C@H]1C=C[C@H]2C1)c1ccco1. The molecule has 1 aromatic heterocycles. The molecule has 2 heterocycles. The molecule has 1 aliphatic heterocycles. The van der Waals surface area contributed by atoms with Gasteiger partial charge in [-0.25, -0.2) is 4.79 Å². The number of hydrogen-bond donors (Lipinski definition) is 0. The van der Waals surface area contributed by atoms with E-state index in [4.69, 9.17) is 20.8 Å². The largest absolute Gasteiger partial charge is 0.457 e. The monoisotopic (exact) mass is 410 g/mol. The third-order valence-corrected chi connectivity index (χ3v) is 5.89. The molecule has 0 spiro atoms. The molecule has 5 rings (SSSR count). The highest BCUT2D eigenvalue weighted by Gasteiger charge is 2.59. The highest BCUT2D eigenvalue weighted by molar-refractivity contribution is 6.31. The number of nitrogens with zero attached hydrogens (tertiary/aromatic N) is 2. The molecule has 0 N–H and O–H groups in total. The molecule has 0 unspecified atom stereocenters. The molecule has 7 nitrogen and oxygen atoms in total. The fraction of sp³-hybridized carbons (Fsp3) is 0.238. The van der Waals surface area contributed by atoms with Crippen LogP contribution in [0.25, 0.3) is 0 Å². The topological polar surface area (TPSA) is 89.2 Å². The van der Waals surface area contributed by atoms with Crippen LogP contribution in [0.5, 0.6) is 5.75 Å². The first-order chi connectivity index (χ1) is 14.0. The van der Waals surface area contributed by atoms with Crippen molar-refractivity contribution in [3.8, 4) is 5.75 Å². The van der Waals surface area contributed by atoms with E-state index in [2.05, 4.69) is 5.10 Å². The fourth-order valence-corrected chi connectivity index (χ4v) is 4.56. The van der Waals surface area contributed by atoms with Crippen LogP contribution in [-0.2, 0) is 9.59 Å². The van der Waals surface area contributed by atoms with E-state index in [0.717, 1.165) is 11.4 Å². The van der Waals surface area contributed by atoms with Gasteiger partial charge in [-0.3, -0.25) is 9.59 Å². The minimum absolute atomic E-state index is 0.0449. The van der Waals surface area contributed by atoms with E-state index < -0.39 is 5.97 Å². The Kier molecular flexibility index (Phi) is 4.13. The molecule has 8 heteroatoms. The number of carbonyl (C=O) groups is 3. The quantitative estimate of drug-likeness (QED) is 0.254. The first kappa shape index (κ1) is 17.9. The standard InChI is InChI=1S/C21H15ClN2O5/c22-14-5-6-15(29-21(27)16-2-1-7-28-16)13(9-14)10-23-24-19(25)17-11-3-4-12(8-11)18(17)20(24)26/h1-7,9-12,17-18H,8H2/t11-,12-,17-,18+/m0/s1. The molecule has 4 atom stereocenters. The zero-order valence-electron chi connectivity index (χ0n) is 15.0. The van der Waals surface area contributed by atoms with Gasteiger partial charge in [-0.2, -0.15) is 10.1 Å². The van der Waals surface area contributed by atoms with Gasteiger partial charge < -0.3 is 9.15 Å². The molecular weight excluding hydrogens is 396 g/mol. The van der Waals surface area contributed by atoms with Crippen LogP contribution >= 0.6 is 11.6 Å². The predicted octanol–water partition coefficient (Wildman–Crippen LogP) is 3.29. The average molecular weight is 411 g/mol. The van der Waals surface area contributed by atoms with E-state index >= 15 is 0 Å². The van der Waals surface area contributed by atoms with Gasteiger partial charge in [0.2, 0.25) is 5.76 Å². The molecule has 3 aliphatic rings. The van der Waals surface area contributed by atoms with Crippen molar-refractivity contribution in [3.05, 3.63) is 65.1 Å². The van der Waals surface area contributed by atoms with Crippen LogP contribution in [0, 0.1) is 23.7 Å². The van der Waals surface area contributed by atoms with Gasteiger partial charge >= 0.3 is 5.97 Å². The Labute approximate surface area is 170 Å². The lowest BCUT2D eigenvalue weighted by Gasteiger charge is -2.13. The molecule has 2 amide bonds. The van der Waals surface area contributed by atoms with Crippen molar-refractivity contribution in [2.45, 2.75) is 6.42 Å². The number of amides is 2. The lowest BCUT2D eigenvalue weighted by molar-refractivity contribution is -0.140. The van der Waals surface area contributed by atoms with Gasteiger partial charge in [-0.1, -0.05) is 23.8 Å². The van der Waals surface area contributed by atoms with Gasteiger partial charge in [0.1, 0.15) is 5.75 Å². The molecule has 1 aromatic carbocycles. The number of hydrazone groups is 1. The molecule has 0 radical (unpaired) electrons. The Morgan fingerprint density at radius 1 is 1.17 bits per heavy atom. The Morgan fingerprint density at radius 2 is 1.90 bits per heavy atom. The highest BCUT2D eigenvalue weighted by Crippen LogP contribution is 2.52. The summed E-state index contributed by atoms with van der Waals surface area (Å²) in [4.78, 5) is 37.6. The number of furan rings is 1. The second kappa shape index (κ2) is 6.70. The van der Waals surface area contributed by atoms with Crippen molar-refractivity contribution in [1.82, 2.24) is 5.01 Å². The van der Waals surface area contributed by atoms with Gasteiger partial charge in [0.15, 0.2) is 0 Å². The van der Waals surface area contributed by atoms with Crippen LogP contribution in [0.4, 0.5) is 0 Å². The van der Waals surface area contributed by atoms with Crippen molar-refractivity contribution in [2.75, 3.05) is 0 Å². The summed E-state index contributed by atoms with van der Waals surface area (Å²) in [7, 11) is 0. The number of esters is 1.